The molecule has 1 fully saturated rings. The SMILES string of the molecule is CC(C)(C)OC(=O)N1CC(COc2ccc(C(=O)O)cc2C(F)(F)F)C1. The molecule has 6 nitrogen and oxygen atoms in total. The normalized spacial score (nSPS) is 15.4. The number of hydrogen-bond acceptors (Lipinski definition) is 4. The van der Waals surface area contributed by atoms with Gasteiger partial charge in [-0.2, -0.15) is 13.2 Å². The van der Waals surface area contributed by atoms with E-state index in [9.17, 15) is 22.8 Å². The van der Waals surface area contributed by atoms with Crippen LogP contribution in [-0.2, 0) is 10.9 Å². The van der Waals surface area contributed by atoms with Gasteiger partial charge < -0.3 is 19.5 Å². The van der Waals surface area contributed by atoms with Crippen molar-refractivity contribution in [3.05, 3.63) is 29.3 Å². The van der Waals surface area contributed by atoms with Crippen LogP contribution in [0.3, 0.4) is 0 Å². The second-order valence-electron chi connectivity index (χ2n) is 7.08. The molecule has 1 aliphatic heterocycles. The number of carboxylic acids is 1. The number of carbonyl (C=O) groups is 2. The number of carbonyl (C=O) groups excluding carboxylic acids is 1. The first kappa shape index (κ1) is 19.9. The van der Waals surface area contributed by atoms with Gasteiger partial charge in [-0.1, -0.05) is 0 Å². The first-order valence-corrected chi connectivity index (χ1v) is 7.92. The van der Waals surface area contributed by atoms with Crippen molar-refractivity contribution in [2.75, 3.05) is 19.7 Å². The van der Waals surface area contributed by atoms with Gasteiger partial charge in [-0.05, 0) is 39.0 Å². The van der Waals surface area contributed by atoms with E-state index >= 15 is 0 Å². The van der Waals surface area contributed by atoms with Crippen molar-refractivity contribution in [3.63, 3.8) is 0 Å². The highest BCUT2D eigenvalue weighted by molar-refractivity contribution is 5.88. The van der Waals surface area contributed by atoms with Crippen LogP contribution in [0.25, 0.3) is 0 Å². The molecule has 0 bridgehead atoms. The van der Waals surface area contributed by atoms with Gasteiger partial charge in [-0.3, -0.25) is 0 Å². The molecule has 1 amide bonds. The smallest absolute Gasteiger partial charge is 0.419 e. The third-order valence-electron chi connectivity index (χ3n) is 3.62. The van der Waals surface area contributed by atoms with E-state index in [0.717, 1.165) is 12.1 Å². The third kappa shape index (κ3) is 5.03. The van der Waals surface area contributed by atoms with Gasteiger partial charge in [0.15, 0.2) is 0 Å². The first-order valence-electron chi connectivity index (χ1n) is 7.92. The lowest BCUT2D eigenvalue weighted by atomic mass is 10.0. The lowest BCUT2D eigenvalue weighted by Gasteiger charge is -2.39. The molecule has 0 aromatic heterocycles. The number of amides is 1. The number of halogens is 3. The lowest BCUT2D eigenvalue weighted by Crippen LogP contribution is -2.53. The van der Waals surface area contributed by atoms with Crippen LogP contribution in [0.2, 0.25) is 0 Å². The predicted octanol–water partition coefficient (Wildman–Crippen LogP) is 3.65. The second kappa shape index (κ2) is 7.05. The van der Waals surface area contributed by atoms with Crippen molar-refractivity contribution in [3.8, 4) is 5.75 Å². The van der Waals surface area contributed by atoms with Gasteiger partial charge >= 0.3 is 18.2 Å². The highest BCUT2D eigenvalue weighted by Crippen LogP contribution is 2.37. The number of alkyl halides is 3. The highest BCUT2D eigenvalue weighted by atomic mass is 19.4. The summed E-state index contributed by atoms with van der Waals surface area (Å²) in [5.74, 6) is -2.00. The molecule has 0 unspecified atom stereocenters. The zero-order valence-corrected chi connectivity index (χ0v) is 14.6. The molecule has 144 valence electrons. The van der Waals surface area contributed by atoms with Gasteiger partial charge in [0, 0.05) is 19.0 Å². The van der Waals surface area contributed by atoms with Crippen LogP contribution in [0.1, 0.15) is 36.7 Å². The topological polar surface area (TPSA) is 76.1 Å². The molecule has 1 aromatic carbocycles. The number of carboxylic acid groups (broad SMARTS) is 1. The molecule has 9 heteroatoms. The Labute approximate surface area is 148 Å². The van der Waals surface area contributed by atoms with Gasteiger partial charge in [0.2, 0.25) is 0 Å². The molecule has 0 spiro atoms. The second-order valence-corrected chi connectivity index (χ2v) is 7.08. The van der Waals surface area contributed by atoms with Crippen molar-refractivity contribution in [1.82, 2.24) is 4.90 Å². The Hall–Kier alpha value is -2.45. The first-order chi connectivity index (χ1) is 11.9. The summed E-state index contributed by atoms with van der Waals surface area (Å²) in [5, 5.41) is 8.84. The molecular weight excluding hydrogens is 355 g/mol. The van der Waals surface area contributed by atoms with Crippen molar-refractivity contribution in [1.29, 1.82) is 0 Å². The highest BCUT2D eigenvalue weighted by Gasteiger charge is 2.37. The van der Waals surface area contributed by atoms with Crippen LogP contribution < -0.4 is 4.74 Å². The van der Waals surface area contributed by atoms with E-state index in [2.05, 4.69) is 0 Å². The van der Waals surface area contributed by atoms with E-state index in [-0.39, 0.29) is 12.5 Å². The van der Waals surface area contributed by atoms with Crippen molar-refractivity contribution in [2.24, 2.45) is 5.92 Å². The predicted molar refractivity (Wildman–Crippen MR) is 85.2 cm³/mol. The molecule has 26 heavy (non-hydrogen) atoms. The number of likely N-dealkylation sites (tertiary alicyclic amines) is 1. The minimum absolute atomic E-state index is 0.0191. The molecule has 1 aliphatic rings. The van der Waals surface area contributed by atoms with Gasteiger partial charge in [0.05, 0.1) is 17.7 Å². The molecule has 1 N–H and O–H groups in total. The fraction of sp³-hybridized carbons (Fsp3) is 0.529. The number of benzene rings is 1. The van der Waals surface area contributed by atoms with Crippen LogP contribution in [0.15, 0.2) is 18.2 Å². The van der Waals surface area contributed by atoms with Gasteiger partial charge in [-0.25, -0.2) is 9.59 Å². The minimum Gasteiger partial charge on any atom is -0.493 e. The lowest BCUT2D eigenvalue weighted by molar-refractivity contribution is -0.139. The minimum atomic E-state index is -4.73. The summed E-state index contributed by atoms with van der Waals surface area (Å²) in [4.78, 5) is 24.1. The van der Waals surface area contributed by atoms with Crippen LogP contribution in [0, 0.1) is 5.92 Å². The zero-order chi connectivity index (χ0) is 19.7. The molecule has 0 saturated carbocycles. The van der Waals surface area contributed by atoms with Gasteiger partial charge in [-0.15, -0.1) is 0 Å². The fourth-order valence-electron chi connectivity index (χ4n) is 2.37. The third-order valence-corrected chi connectivity index (χ3v) is 3.62. The van der Waals surface area contributed by atoms with Crippen LogP contribution in [-0.4, -0.2) is 47.4 Å². The summed E-state index contributed by atoms with van der Waals surface area (Å²) in [5.41, 5.74) is -2.23. The van der Waals surface area contributed by atoms with E-state index in [1.807, 2.05) is 0 Å². The fourth-order valence-corrected chi connectivity index (χ4v) is 2.37. The maximum atomic E-state index is 13.1. The van der Waals surface area contributed by atoms with Crippen molar-refractivity contribution in [2.45, 2.75) is 32.5 Å². The number of aromatic carboxylic acids is 1. The van der Waals surface area contributed by atoms with E-state index < -0.39 is 40.7 Å². The summed E-state index contributed by atoms with van der Waals surface area (Å²) < 4.78 is 49.7. The average molecular weight is 375 g/mol. The molecular formula is C17H20F3NO5. The molecule has 0 aliphatic carbocycles. The maximum absolute atomic E-state index is 13.1. The summed E-state index contributed by atoms with van der Waals surface area (Å²) in [6.45, 7) is 5.85. The number of ether oxygens (including phenoxy) is 2. The van der Waals surface area contributed by atoms with Crippen molar-refractivity contribution < 1.29 is 37.3 Å². The molecule has 0 radical (unpaired) electrons. The molecule has 1 aromatic rings. The average Bonchev–Trinajstić information content (AvgIpc) is 2.42. The summed E-state index contributed by atoms with van der Waals surface area (Å²) in [6.07, 6.45) is -5.21. The van der Waals surface area contributed by atoms with Crippen molar-refractivity contribution >= 4 is 12.1 Å². The summed E-state index contributed by atoms with van der Waals surface area (Å²) >= 11 is 0. The Kier molecular flexibility index (Phi) is 5.39. The Balaban J connectivity index is 1.95. The number of hydrogen-bond donors (Lipinski definition) is 1. The monoisotopic (exact) mass is 375 g/mol. The Morgan fingerprint density at radius 3 is 2.35 bits per heavy atom. The molecule has 2 rings (SSSR count). The van der Waals surface area contributed by atoms with E-state index in [1.165, 1.54) is 4.90 Å². The van der Waals surface area contributed by atoms with E-state index in [4.69, 9.17) is 14.6 Å². The van der Waals surface area contributed by atoms with Crippen LogP contribution >= 0.6 is 0 Å². The number of nitrogens with zero attached hydrogens (tertiary/aromatic N) is 1. The molecule has 1 saturated heterocycles. The van der Waals surface area contributed by atoms with Gasteiger partial charge in [0.1, 0.15) is 11.4 Å². The largest absolute Gasteiger partial charge is 0.493 e. The standard InChI is InChI=1S/C17H20F3NO5/c1-16(2,3)26-15(24)21-7-10(8-21)9-25-13-5-4-11(14(22)23)6-12(13)17(18,19)20/h4-6,10H,7-9H2,1-3H3,(H,22,23). The van der Waals surface area contributed by atoms with Gasteiger partial charge in [0.25, 0.3) is 0 Å². The quantitative estimate of drug-likeness (QED) is 0.869. The Morgan fingerprint density at radius 1 is 1.23 bits per heavy atom. The molecule has 0 atom stereocenters. The summed E-state index contributed by atoms with van der Waals surface area (Å²) in [6, 6.07) is 2.60. The number of rotatable bonds is 4. The Bertz CT molecular complexity index is 691. The maximum Gasteiger partial charge on any atom is 0.419 e. The summed E-state index contributed by atoms with van der Waals surface area (Å²) in [7, 11) is 0. The zero-order valence-electron chi connectivity index (χ0n) is 14.6. The molecule has 1 heterocycles. The Morgan fingerprint density at radius 2 is 1.85 bits per heavy atom. The van der Waals surface area contributed by atoms with E-state index in [0.29, 0.717) is 19.2 Å². The van der Waals surface area contributed by atoms with E-state index in [1.54, 1.807) is 20.8 Å². The van der Waals surface area contributed by atoms with Crippen LogP contribution in [0.4, 0.5) is 18.0 Å². The van der Waals surface area contributed by atoms with Crippen LogP contribution in [0.5, 0.6) is 5.75 Å².